The van der Waals surface area contributed by atoms with Gasteiger partial charge in [-0.15, -0.1) is 0 Å². The van der Waals surface area contributed by atoms with E-state index in [0.717, 1.165) is 0 Å². The van der Waals surface area contributed by atoms with Gasteiger partial charge < -0.3 is 35.7 Å². The van der Waals surface area contributed by atoms with Crippen molar-refractivity contribution in [2.75, 3.05) is 43.1 Å². The number of benzene rings is 2. The molecule has 0 saturated carbocycles. The summed E-state index contributed by atoms with van der Waals surface area (Å²) >= 11 is 0. The summed E-state index contributed by atoms with van der Waals surface area (Å²) in [6.07, 6.45) is 4.58. The number of nitrogen functional groups attached to an aromatic ring is 1. The zero-order valence-electron chi connectivity index (χ0n) is 28.5. The van der Waals surface area contributed by atoms with Crippen molar-refractivity contribution < 1.29 is 32.6 Å². The van der Waals surface area contributed by atoms with Gasteiger partial charge >= 0.3 is 0 Å². The molecule has 0 radical (unpaired) electrons. The van der Waals surface area contributed by atoms with Crippen LogP contribution in [0.25, 0.3) is 0 Å². The second kappa shape index (κ2) is 16.8. The van der Waals surface area contributed by atoms with Gasteiger partial charge in [-0.1, -0.05) is 25.5 Å². The number of aryl methyl sites for hydroxylation is 1. The Kier molecular flexibility index (Phi) is 12.8. The number of nitrogens with zero attached hydrogens (tertiary/aromatic N) is 4. The van der Waals surface area contributed by atoms with Crippen molar-refractivity contribution in [2.45, 2.75) is 69.5 Å². The number of nitrogens with one attached hydrogen (secondary N) is 2. The van der Waals surface area contributed by atoms with E-state index < -0.39 is 22.2 Å². The van der Waals surface area contributed by atoms with Gasteiger partial charge in [0.05, 0.1) is 43.3 Å². The van der Waals surface area contributed by atoms with Crippen LogP contribution in [0, 0.1) is 5.92 Å². The molecule has 0 spiro atoms. The van der Waals surface area contributed by atoms with Crippen LogP contribution in [-0.2, 0) is 37.9 Å². The molecule has 2 aromatic carbocycles. The fourth-order valence-corrected chi connectivity index (χ4v) is 6.70. The highest BCUT2D eigenvalue weighted by atomic mass is 32.2. The van der Waals surface area contributed by atoms with E-state index >= 15 is 0 Å². The molecular weight excluding hydrogens is 650 g/mol. The Labute approximate surface area is 287 Å². The Morgan fingerprint density at radius 3 is 2.47 bits per heavy atom. The summed E-state index contributed by atoms with van der Waals surface area (Å²) in [7, 11) is -0.771. The van der Waals surface area contributed by atoms with Gasteiger partial charge in [-0.2, -0.15) is 4.31 Å². The molecule has 14 nitrogen and oxygen atoms in total. The number of amides is 3. The SMILES string of the molecule is C[C@H]1CN([C@@H](C)CO)C(=O)Cc2cc(NC(=O)CCCCCC(=O)Nc3ccccc3N)ccc2O[C@H]1CN(C)S(=O)(=O)c1cn(C)cn1. The van der Waals surface area contributed by atoms with Crippen molar-refractivity contribution in [3.05, 3.63) is 60.6 Å². The standard InChI is InChI=1S/C34H47N7O7S/c1-23-18-41(24(2)21-42)34(45)17-25-16-26(37-31(43)12-6-5-7-13-32(44)38-28-11-9-8-10-27(28)35)14-15-29(25)48-30(23)19-40(4)49(46,47)33-20-39(3)22-36-33/h8-11,14-16,20,22-24,30,42H,5-7,12-13,17-19,21,35H2,1-4H3,(H,37,43)(H,38,44)/t23-,24-,30-/m0/s1. The van der Waals surface area contributed by atoms with Crippen LogP contribution in [0.5, 0.6) is 5.75 Å². The van der Waals surface area contributed by atoms with Crippen molar-refractivity contribution in [2.24, 2.45) is 13.0 Å². The highest BCUT2D eigenvalue weighted by molar-refractivity contribution is 7.89. The van der Waals surface area contributed by atoms with Gasteiger partial charge in [0.2, 0.25) is 17.7 Å². The maximum atomic E-state index is 13.5. The maximum absolute atomic E-state index is 13.5. The predicted molar refractivity (Wildman–Crippen MR) is 186 cm³/mol. The number of rotatable bonds is 14. The maximum Gasteiger partial charge on any atom is 0.261 e. The molecule has 3 atom stereocenters. The number of fused-ring (bicyclic) bond motifs is 1. The number of aliphatic hydroxyl groups is 1. The molecule has 1 aliphatic rings. The van der Waals surface area contributed by atoms with Gasteiger partial charge in [0.15, 0.2) is 5.03 Å². The van der Waals surface area contributed by atoms with Crippen LogP contribution >= 0.6 is 0 Å². The third-order valence-corrected chi connectivity index (χ3v) is 10.2. The minimum absolute atomic E-state index is 0.0183. The molecule has 0 fully saturated rings. The summed E-state index contributed by atoms with van der Waals surface area (Å²) in [6.45, 7) is 3.60. The lowest BCUT2D eigenvalue weighted by Crippen LogP contribution is -2.48. The minimum Gasteiger partial charge on any atom is -0.488 e. The lowest BCUT2D eigenvalue weighted by atomic mass is 10.0. The third kappa shape index (κ3) is 10.0. The Balaban J connectivity index is 1.40. The van der Waals surface area contributed by atoms with Crippen LogP contribution in [0.1, 0.15) is 51.5 Å². The average molecular weight is 698 g/mol. The van der Waals surface area contributed by atoms with E-state index in [9.17, 15) is 27.9 Å². The van der Waals surface area contributed by atoms with Crippen molar-refractivity contribution in [1.82, 2.24) is 18.8 Å². The number of ether oxygens (including phenoxy) is 1. The molecule has 2 heterocycles. The first-order chi connectivity index (χ1) is 23.3. The minimum atomic E-state index is -3.92. The summed E-state index contributed by atoms with van der Waals surface area (Å²) in [4.78, 5) is 44.2. The monoisotopic (exact) mass is 697 g/mol. The first-order valence-corrected chi connectivity index (χ1v) is 17.8. The smallest absolute Gasteiger partial charge is 0.261 e. The number of carbonyl (C=O) groups is 3. The van der Waals surface area contributed by atoms with Gasteiger partial charge in [0.25, 0.3) is 10.0 Å². The van der Waals surface area contributed by atoms with E-state index in [1.165, 1.54) is 23.9 Å². The van der Waals surface area contributed by atoms with Crippen LogP contribution in [0.2, 0.25) is 0 Å². The van der Waals surface area contributed by atoms with Crippen molar-refractivity contribution >= 4 is 44.8 Å². The topological polar surface area (TPSA) is 189 Å². The molecule has 5 N–H and O–H groups in total. The number of aromatic nitrogens is 2. The number of likely N-dealkylation sites (N-methyl/N-ethyl adjacent to an activating group) is 1. The van der Waals surface area contributed by atoms with Gasteiger partial charge in [-0.25, -0.2) is 13.4 Å². The molecule has 3 amide bonds. The molecule has 0 unspecified atom stereocenters. The zero-order valence-corrected chi connectivity index (χ0v) is 29.3. The van der Waals surface area contributed by atoms with Crippen LogP contribution in [-0.4, -0.2) is 88.9 Å². The summed E-state index contributed by atoms with van der Waals surface area (Å²) in [5, 5.41) is 15.5. The number of imidazole rings is 1. The van der Waals surface area contributed by atoms with Crippen LogP contribution in [0.4, 0.5) is 17.1 Å². The van der Waals surface area contributed by atoms with Crippen LogP contribution in [0.15, 0.2) is 60.0 Å². The van der Waals surface area contributed by atoms with Crippen molar-refractivity contribution in [3.63, 3.8) is 0 Å². The number of hydrogen-bond acceptors (Lipinski definition) is 9. The van der Waals surface area contributed by atoms with Gasteiger partial charge in [-0.05, 0) is 50.1 Å². The predicted octanol–water partition coefficient (Wildman–Crippen LogP) is 3.00. The molecule has 49 heavy (non-hydrogen) atoms. The highest BCUT2D eigenvalue weighted by Crippen LogP contribution is 2.30. The van der Waals surface area contributed by atoms with Crippen LogP contribution < -0.4 is 21.1 Å². The number of anilines is 3. The number of para-hydroxylation sites is 2. The number of nitrogens with two attached hydrogens (primary N) is 1. The van der Waals surface area contributed by atoms with Gasteiger partial charge in [0, 0.05) is 56.8 Å². The molecule has 4 rings (SSSR count). The first-order valence-electron chi connectivity index (χ1n) is 16.4. The quantitative estimate of drug-likeness (QED) is 0.145. The third-order valence-electron chi connectivity index (χ3n) is 8.54. The van der Waals surface area contributed by atoms with Crippen molar-refractivity contribution in [1.29, 1.82) is 0 Å². The molecule has 1 aromatic heterocycles. The normalized spacial score (nSPS) is 17.3. The molecule has 1 aliphatic heterocycles. The second-order valence-corrected chi connectivity index (χ2v) is 14.6. The Morgan fingerprint density at radius 1 is 1.12 bits per heavy atom. The summed E-state index contributed by atoms with van der Waals surface area (Å²) in [5.41, 5.74) is 7.96. The molecule has 3 aromatic rings. The summed E-state index contributed by atoms with van der Waals surface area (Å²) < 4.78 is 35.7. The summed E-state index contributed by atoms with van der Waals surface area (Å²) in [6, 6.07) is 11.6. The van der Waals surface area contributed by atoms with Crippen LogP contribution in [0.3, 0.4) is 0 Å². The Bertz CT molecular complexity index is 1730. The van der Waals surface area contributed by atoms with E-state index in [0.29, 0.717) is 54.1 Å². The number of sulfonamides is 1. The fourth-order valence-electron chi connectivity index (χ4n) is 5.55. The molecule has 15 heteroatoms. The summed E-state index contributed by atoms with van der Waals surface area (Å²) in [5.74, 6) is -0.482. The molecule has 0 aliphatic carbocycles. The lowest BCUT2D eigenvalue weighted by molar-refractivity contribution is -0.134. The fraction of sp³-hybridized carbons (Fsp3) is 0.471. The molecule has 266 valence electrons. The molecule has 0 bridgehead atoms. The molecule has 0 saturated heterocycles. The zero-order chi connectivity index (χ0) is 35.7. The van der Waals surface area contributed by atoms with Gasteiger partial charge in [-0.3, -0.25) is 14.4 Å². The van der Waals surface area contributed by atoms with E-state index in [-0.39, 0.29) is 61.2 Å². The van der Waals surface area contributed by atoms with Crippen molar-refractivity contribution in [3.8, 4) is 5.75 Å². The number of aliphatic hydroxyl groups excluding tert-OH is 1. The largest absolute Gasteiger partial charge is 0.488 e. The van der Waals surface area contributed by atoms with Gasteiger partial charge in [0.1, 0.15) is 11.9 Å². The number of carbonyl (C=O) groups excluding carboxylic acids is 3. The highest BCUT2D eigenvalue weighted by Gasteiger charge is 2.34. The lowest BCUT2D eigenvalue weighted by Gasteiger charge is -2.33. The van der Waals surface area contributed by atoms with E-state index in [1.807, 2.05) is 6.92 Å². The Morgan fingerprint density at radius 2 is 1.82 bits per heavy atom. The van der Waals surface area contributed by atoms with E-state index in [2.05, 4.69) is 15.6 Å². The van der Waals surface area contributed by atoms with E-state index in [1.54, 1.807) is 65.9 Å². The average Bonchev–Trinajstić information content (AvgIpc) is 3.52. The second-order valence-electron chi connectivity index (χ2n) is 12.6. The molecular formula is C34H47N7O7S. The Hall–Kier alpha value is -4.47. The first kappa shape index (κ1) is 37.4. The number of unbranched alkanes of at least 4 members (excludes halogenated alkanes) is 2. The van der Waals surface area contributed by atoms with E-state index in [4.69, 9.17) is 10.5 Å². The number of hydrogen-bond donors (Lipinski definition) is 4.